The Morgan fingerprint density at radius 3 is 1.91 bits per heavy atom. The minimum absolute atomic E-state index is 0. The van der Waals surface area contributed by atoms with Crippen LogP contribution in [0.1, 0.15) is 19.3 Å². The third-order valence-electron chi connectivity index (χ3n) is 1.61. The van der Waals surface area contributed by atoms with Crippen LogP contribution in [0.25, 0.3) is 0 Å². The van der Waals surface area contributed by atoms with Gasteiger partial charge >= 0.3 is 0 Å². The SMILES string of the molecule is O.S=C([S-])N1CCCCC1.[Na]. The van der Waals surface area contributed by atoms with Crippen molar-refractivity contribution in [2.75, 3.05) is 13.1 Å². The molecule has 1 radical (unpaired) electrons. The van der Waals surface area contributed by atoms with E-state index in [9.17, 15) is 0 Å². The molecule has 1 fully saturated rings. The van der Waals surface area contributed by atoms with E-state index in [-0.39, 0.29) is 35.0 Å². The predicted molar refractivity (Wildman–Crippen MR) is 54.8 cm³/mol. The minimum Gasteiger partial charge on any atom is -0.412 e. The van der Waals surface area contributed by atoms with Crippen LogP contribution in [0.5, 0.6) is 0 Å². The second kappa shape index (κ2) is 7.71. The van der Waals surface area contributed by atoms with Gasteiger partial charge in [-0.05, 0) is 19.3 Å². The Morgan fingerprint density at radius 1 is 1.18 bits per heavy atom. The van der Waals surface area contributed by atoms with Crippen molar-refractivity contribution in [2.45, 2.75) is 19.3 Å². The summed E-state index contributed by atoms with van der Waals surface area (Å²) >= 11 is 9.71. The number of piperidine rings is 1. The van der Waals surface area contributed by atoms with E-state index in [1.165, 1.54) is 19.3 Å². The van der Waals surface area contributed by atoms with Gasteiger partial charge < -0.3 is 35.2 Å². The predicted octanol–water partition coefficient (Wildman–Crippen LogP) is 0.0986. The Balaban J connectivity index is 0. The molecule has 0 amide bonds. The van der Waals surface area contributed by atoms with Crippen LogP contribution in [0.4, 0.5) is 0 Å². The Morgan fingerprint density at radius 2 is 1.64 bits per heavy atom. The molecule has 1 rings (SSSR count). The van der Waals surface area contributed by atoms with E-state index in [1.54, 1.807) is 0 Å². The zero-order chi connectivity index (χ0) is 6.69. The number of hydrogen-bond donors (Lipinski definition) is 0. The van der Waals surface area contributed by atoms with Crippen LogP contribution in [0.2, 0.25) is 0 Å². The third kappa shape index (κ3) is 5.33. The summed E-state index contributed by atoms with van der Waals surface area (Å²) in [5.74, 6) is 0. The van der Waals surface area contributed by atoms with Gasteiger partial charge in [0.15, 0.2) is 0 Å². The maximum absolute atomic E-state index is 4.86. The summed E-state index contributed by atoms with van der Waals surface area (Å²) in [6.07, 6.45) is 3.86. The maximum Gasteiger partial charge on any atom is 0.0162 e. The zero-order valence-electron chi connectivity index (χ0n) is 6.80. The van der Waals surface area contributed by atoms with Crippen molar-refractivity contribution >= 4 is 58.7 Å². The summed E-state index contributed by atoms with van der Waals surface area (Å²) in [7, 11) is 0. The van der Waals surface area contributed by atoms with Crippen LogP contribution in [0.3, 0.4) is 0 Å². The van der Waals surface area contributed by atoms with Crippen molar-refractivity contribution in [3.63, 3.8) is 0 Å². The van der Waals surface area contributed by atoms with E-state index >= 15 is 0 Å². The zero-order valence-corrected chi connectivity index (χ0v) is 10.4. The van der Waals surface area contributed by atoms with Gasteiger partial charge in [0.1, 0.15) is 0 Å². The average Bonchev–Trinajstić information content (AvgIpc) is 1.90. The van der Waals surface area contributed by atoms with Crippen LogP contribution in [-0.2, 0) is 12.6 Å². The van der Waals surface area contributed by atoms with Gasteiger partial charge in [-0.1, -0.05) is 4.32 Å². The van der Waals surface area contributed by atoms with Gasteiger partial charge in [0.25, 0.3) is 0 Å². The quantitative estimate of drug-likeness (QED) is 0.317. The van der Waals surface area contributed by atoms with Crippen LogP contribution in [0.15, 0.2) is 0 Å². The molecular weight excluding hydrogens is 189 g/mol. The Bertz CT molecular complexity index is 117. The molecule has 1 heterocycles. The smallest absolute Gasteiger partial charge is 0.0162 e. The molecule has 0 aliphatic carbocycles. The molecule has 0 atom stereocenters. The molecule has 61 valence electrons. The minimum atomic E-state index is 0. The van der Waals surface area contributed by atoms with Crippen molar-refractivity contribution < 1.29 is 5.48 Å². The van der Waals surface area contributed by atoms with Crippen LogP contribution < -0.4 is 0 Å². The molecule has 1 aliphatic heterocycles. The fourth-order valence-electron chi connectivity index (χ4n) is 1.08. The summed E-state index contributed by atoms with van der Waals surface area (Å²) in [4.78, 5) is 2.11. The van der Waals surface area contributed by atoms with Gasteiger partial charge in [-0.25, -0.2) is 0 Å². The summed E-state index contributed by atoms with van der Waals surface area (Å²) in [5, 5.41) is 0. The van der Waals surface area contributed by atoms with Crippen LogP contribution in [0, 0.1) is 0 Å². The van der Waals surface area contributed by atoms with Crippen molar-refractivity contribution in [3.8, 4) is 0 Å². The topological polar surface area (TPSA) is 34.7 Å². The van der Waals surface area contributed by atoms with E-state index in [2.05, 4.69) is 4.90 Å². The summed E-state index contributed by atoms with van der Waals surface area (Å²) in [5.41, 5.74) is 0. The number of hydrogen-bond acceptors (Lipinski definition) is 2. The molecule has 0 aromatic carbocycles. The average molecular weight is 201 g/mol. The second-order valence-electron chi connectivity index (χ2n) is 2.31. The van der Waals surface area contributed by atoms with Crippen molar-refractivity contribution in [3.05, 3.63) is 0 Å². The number of nitrogens with zero attached hydrogens (tertiary/aromatic N) is 1. The van der Waals surface area contributed by atoms with E-state index in [0.29, 0.717) is 4.32 Å². The molecule has 5 heteroatoms. The molecule has 0 bridgehead atoms. The van der Waals surface area contributed by atoms with E-state index < -0.39 is 0 Å². The first-order valence-corrected chi connectivity index (χ1v) is 4.08. The third-order valence-corrected chi connectivity index (χ3v) is 2.13. The molecule has 1 saturated heterocycles. The van der Waals surface area contributed by atoms with E-state index in [4.69, 9.17) is 24.8 Å². The van der Waals surface area contributed by atoms with Crippen LogP contribution in [-0.4, -0.2) is 57.3 Å². The van der Waals surface area contributed by atoms with Gasteiger partial charge in [0, 0.05) is 42.6 Å². The second-order valence-corrected chi connectivity index (χ2v) is 3.35. The van der Waals surface area contributed by atoms with Gasteiger partial charge in [-0.15, -0.1) is 0 Å². The van der Waals surface area contributed by atoms with Crippen LogP contribution >= 0.6 is 12.2 Å². The molecule has 0 unspecified atom stereocenters. The van der Waals surface area contributed by atoms with Gasteiger partial charge in [-0.2, -0.15) is 0 Å². The monoisotopic (exact) mass is 201 g/mol. The number of thiocarbonyl (C=S) groups is 1. The van der Waals surface area contributed by atoms with Gasteiger partial charge in [0.2, 0.25) is 0 Å². The first kappa shape index (κ1) is 14.6. The molecular formula is C6H12NNaOS2-. The van der Waals surface area contributed by atoms with E-state index in [1.807, 2.05) is 0 Å². The van der Waals surface area contributed by atoms with Crippen molar-refractivity contribution in [1.82, 2.24) is 4.90 Å². The number of likely N-dealkylation sites (tertiary alicyclic amines) is 1. The first-order valence-electron chi connectivity index (χ1n) is 3.26. The maximum atomic E-state index is 4.86. The number of rotatable bonds is 0. The van der Waals surface area contributed by atoms with Crippen molar-refractivity contribution in [1.29, 1.82) is 0 Å². The summed E-state index contributed by atoms with van der Waals surface area (Å²) < 4.78 is 0.648. The van der Waals surface area contributed by atoms with Gasteiger partial charge in [0.05, 0.1) is 0 Å². The normalized spacial score (nSPS) is 16.2. The standard InChI is InChI=1S/C6H11NS2.Na.H2O/c8-6(9)7-4-2-1-3-5-7;;/h1-5H2,(H,8,9);;1H2/p-1. The summed E-state index contributed by atoms with van der Waals surface area (Å²) in [6.45, 7) is 2.17. The molecule has 0 spiro atoms. The Kier molecular flexibility index (Phi) is 10.2. The van der Waals surface area contributed by atoms with Crippen molar-refractivity contribution in [2.24, 2.45) is 0 Å². The molecule has 1 aliphatic rings. The largest absolute Gasteiger partial charge is 0.412 e. The fourth-order valence-corrected chi connectivity index (χ4v) is 1.44. The molecule has 0 saturated carbocycles. The summed E-state index contributed by atoms with van der Waals surface area (Å²) in [6, 6.07) is 0. The first-order chi connectivity index (χ1) is 4.30. The molecule has 11 heavy (non-hydrogen) atoms. The van der Waals surface area contributed by atoms with E-state index in [0.717, 1.165) is 13.1 Å². The molecule has 0 aromatic heterocycles. The Hall–Kier alpha value is 1.07. The fraction of sp³-hybridized carbons (Fsp3) is 0.833. The Labute approximate surface area is 101 Å². The van der Waals surface area contributed by atoms with Gasteiger partial charge in [-0.3, -0.25) is 0 Å². The molecule has 0 aromatic rings. The molecule has 2 nitrogen and oxygen atoms in total. The molecule has 2 N–H and O–H groups in total.